The van der Waals surface area contributed by atoms with Gasteiger partial charge in [-0.15, -0.1) is 0 Å². The molecule has 2 aliphatic rings. The molecule has 1 amide bonds. The van der Waals surface area contributed by atoms with E-state index in [1.807, 2.05) is 0 Å². The number of nitrogens with zero attached hydrogens (tertiary/aromatic N) is 2. The lowest BCUT2D eigenvalue weighted by atomic mass is 9.82. The molecule has 0 spiro atoms. The number of nitriles is 1. The normalized spacial score (nSPS) is 25.6. The molecule has 1 aliphatic carbocycles. The lowest BCUT2D eigenvalue weighted by Crippen LogP contribution is -2.44. The Balaban J connectivity index is 1.50. The molecule has 2 fully saturated rings. The molecule has 30 heavy (non-hydrogen) atoms. The molecule has 2 atom stereocenters. The van der Waals surface area contributed by atoms with Gasteiger partial charge in [-0.25, -0.2) is 9.37 Å². The van der Waals surface area contributed by atoms with Crippen LogP contribution in [-0.2, 0) is 4.79 Å². The van der Waals surface area contributed by atoms with Gasteiger partial charge in [0, 0.05) is 18.7 Å². The number of pyridine rings is 1. The number of alkyl halides is 1. The molecule has 8 heteroatoms. The lowest BCUT2D eigenvalue weighted by Gasteiger charge is -2.29. The van der Waals surface area contributed by atoms with Crippen LogP contribution in [0.3, 0.4) is 0 Å². The van der Waals surface area contributed by atoms with Gasteiger partial charge in [-0.1, -0.05) is 6.07 Å². The maximum atomic E-state index is 14.0. The Kier molecular flexibility index (Phi) is 5.93. The van der Waals surface area contributed by atoms with E-state index < -0.39 is 18.4 Å². The van der Waals surface area contributed by atoms with E-state index in [-0.39, 0.29) is 18.4 Å². The van der Waals surface area contributed by atoms with Crippen LogP contribution in [0.4, 0.5) is 10.2 Å². The van der Waals surface area contributed by atoms with E-state index in [2.05, 4.69) is 21.7 Å². The Morgan fingerprint density at radius 2 is 2.10 bits per heavy atom. The molecule has 1 saturated carbocycles. The Labute approximate surface area is 173 Å². The monoisotopic (exact) mass is 410 g/mol. The summed E-state index contributed by atoms with van der Waals surface area (Å²) in [4.78, 5) is 16.4. The molecule has 2 heterocycles. The third-order valence-corrected chi connectivity index (χ3v) is 5.56. The van der Waals surface area contributed by atoms with E-state index in [1.165, 1.54) is 0 Å². The van der Waals surface area contributed by atoms with Crippen molar-refractivity contribution >= 4 is 11.7 Å². The van der Waals surface area contributed by atoms with Crippen LogP contribution in [0, 0.1) is 17.2 Å². The summed E-state index contributed by atoms with van der Waals surface area (Å²) in [5.74, 6) is 0.421. The molecule has 4 rings (SSSR count). The fourth-order valence-electron chi connectivity index (χ4n) is 3.70. The van der Waals surface area contributed by atoms with Crippen LogP contribution in [0.5, 0.6) is 5.75 Å². The van der Waals surface area contributed by atoms with E-state index in [0.717, 1.165) is 11.1 Å². The van der Waals surface area contributed by atoms with Crippen molar-refractivity contribution in [2.45, 2.75) is 37.6 Å². The van der Waals surface area contributed by atoms with E-state index in [4.69, 9.17) is 4.74 Å². The van der Waals surface area contributed by atoms with Crippen molar-refractivity contribution in [1.29, 1.82) is 5.26 Å². The number of aliphatic hydroxyl groups excluding tert-OH is 1. The molecule has 0 unspecified atom stereocenters. The number of carbonyl (C=O) groups is 1. The molecule has 1 aliphatic heterocycles. The second kappa shape index (κ2) is 8.78. The number of carbonyl (C=O) groups excluding carboxylic acids is 1. The number of aliphatic hydroxyl groups is 1. The van der Waals surface area contributed by atoms with Gasteiger partial charge in [0.25, 0.3) is 0 Å². The van der Waals surface area contributed by atoms with Crippen LogP contribution in [-0.4, -0.2) is 47.5 Å². The minimum absolute atomic E-state index is 0.158. The highest BCUT2D eigenvalue weighted by Gasteiger charge is 2.33. The zero-order valence-corrected chi connectivity index (χ0v) is 16.3. The number of rotatable bonds is 5. The number of amides is 1. The van der Waals surface area contributed by atoms with Crippen LogP contribution in [0.2, 0.25) is 0 Å². The van der Waals surface area contributed by atoms with Crippen molar-refractivity contribution in [1.82, 2.24) is 10.3 Å². The van der Waals surface area contributed by atoms with Gasteiger partial charge in [-0.05, 0) is 61.2 Å². The number of aromatic nitrogens is 1. The first-order chi connectivity index (χ1) is 14.5. The number of hydrogen-bond donors (Lipinski definition) is 3. The van der Waals surface area contributed by atoms with Crippen molar-refractivity contribution in [3.8, 4) is 22.9 Å². The quantitative estimate of drug-likeness (QED) is 0.699. The van der Waals surface area contributed by atoms with Gasteiger partial charge in [0.05, 0.1) is 11.7 Å². The molecule has 1 aromatic heterocycles. The van der Waals surface area contributed by atoms with E-state index in [0.29, 0.717) is 42.9 Å². The molecular formula is C22H23FN4O3. The highest BCUT2D eigenvalue weighted by molar-refractivity contribution is 5.92. The van der Waals surface area contributed by atoms with Crippen LogP contribution in [0.1, 0.15) is 24.8 Å². The second-order valence-corrected chi connectivity index (χ2v) is 7.73. The molecule has 2 aromatic rings. The van der Waals surface area contributed by atoms with Gasteiger partial charge in [-0.2, -0.15) is 5.26 Å². The van der Waals surface area contributed by atoms with Gasteiger partial charge >= 0.3 is 0 Å². The van der Waals surface area contributed by atoms with Crippen molar-refractivity contribution < 1.29 is 19.0 Å². The zero-order valence-electron chi connectivity index (χ0n) is 16.3. The summed E-state index contributed by atoms with van der Waals surface area (Å²) in [6.45, 7) is 0.923. The highest BCUT2D eigenvalue weighted by atomic mass is 19.1. The first-order valence-corrected chi connectivity index (χ1v) is 10.0. The molecule has 1 aromatic carbocycles. The van der Waals surface area contributed by atoms with Gasteiger partial charge in [0.15, 0.2) is 0 Å². The predicted octanol–water partition coefficient (Wildman–Crippen LogP) is 2.41. The summed E-state index contributed by atoms with van der Waals surface area (Å²) in [6, 6.07) is 10.8. The maximum Gasteiger partial charge on any atom is 0.228 e. The molecular weight excluding hydrogens is 387 g/mol. The third-order valence-electron chi connectivity index (χ3n) is 5.56. The minimum atomic E-state index is -1.12. The zero-order chi connectivity index (χ0) is 21.1. The second-order valence-electron chi connectivity index (χ2n) is 7.73. The predicted molar refractivity (Wildman–Crippen MR) is 109 cm³/mol. The number of ether oxygens (including phenoxy) is 1. The van der Waals surface area contributed by atoms with Crippen LogP contribution >= 0.6 is 0 Å². The number of nitrogens with one attached hydrogen (secondary N) is 2. The van der Waals surface area contributed by atoms with Crippen LogP contribution < -0.4 is 15.4 Å². The maximum absolute atomic E-state index is 14.0. The van der Waals surface area contributed by atoms with Crippen molar-refractivity contribution in [2.24, 2.45) is 5.92 Å². The first kappa shape index (κ1) is 20.3. The average Bonchev–Trinajstić information content (AvgIpc) is 2.73. The van der Waals surface area contributed by atoms with Crippen LogP contribution in [0.15, 0.2) is 36.5 Å². The fraction of sp³-hybridized carbons (Fsp3) is 0.409. The third kappa shape index (κ3) is 4.42. The van der Waals surface area contributed by atoms with Gasteiger partial charge in [-0.3, -0.25) is 4.79 Å². The summed E-state index contributed by atoms with van der Waals surface area (Å²) in [6.07, 6.45) is 0.969. The fourth-order valence-corrected chi connectivity index (χ4v) is 3.70. The van der Waals surface area contributed by atoms with Crippen LogP contribution in [0.25, 0.3) is 11.1 Å². The largest absolute Gasteiger partial charge is 0.486 e. The molecule has 0 bridgehead atoms. The van der Waals surface area contributed by atoms with E-state index in [1.54, 1.807) is 36.5 Å². The molecule has 7 nitrogen and oxygen atoms in total. The Hall–Kier alpha value is -3.02. The summed E-state index contributed by atoms with van der Waals surface area (Å²) in [5.41, 5.74) is 1.87. The Morgan fingerprint density at radius 1 is 1.30 bits per heavy atom. The molecule has 156 valence electrons. The minimum Gasteiger partial charge on any atom is -0.486 e. The summed E-state index contributed by atoms with van der Waals surface area (Å²) < 4.78 is 19.8. The number of anilines is 1. The van der Waals surface area contributed by atoms with E-state index >= 15 is 0 Å². The lowest BCUT2D eigenvalue weighted by molar-refractivity contribution is -0.126. The SMILES string of the molecule is N#Cc1cc(-c2ccnc(NC(=O)[C@H]3C[C@H](O)C3)c2)ccc1O[C@H]1CCNC[C@H]1F. The van der Waals surface area contributed by atoms with Crippen molar-refractivity contribution in [3.05, 3.63) is 42.1 Å². The van der Waals surface area contributed by atoms with E-state index in [9.17, 15) is 19.6 Å². The summed E-state index contributed by atoms with van der Waals surface area (Å²) in [5, 5.41) is 24.7. The van der Waals surface area contributed by atoms with Gasteiger partial charge in [0.1, 0.15) is 29.9 Å². The topological polar surface area (TPSA) is 107 Å². The summed E-state index contributed by atoms with van der Waals surface area (Å²) in [7, 11) is 0. The highest BCUT2D eigenvalue weighted by Crippen LogP contribution is 2.31. The Bertz CT molecular complexity index is 971. The number of piperidine rings is 1. The smallest absolute Gasteiger partial charge is 0.228 e. The number of benzene rings is 1. The molecule has 1 saturated heterocycles. The number of hydrogen-bond acceptors (Lipinski definition) is 6. The van der Waals surface area contributed by atoms with Gasteiger partial charge in [0.2, 0.25) is 5.91 Å². The molecule has 0 radical (unpaired) electrons. The van der Waals surface area contributed by atoms with Crippen molar-refractivity contribution in [3.63, 3.8) is 0 Å². The average molecular weight is 410 g/mol. The van der Waals surface area contributed by atoms with Gasteiger partial charge < -0.3 is 20.5 Å². The number of halogens is 1. The van der Waals surface area contributed by atoms with Crippen molar-refractivity contribution in [2.75, 3.05) is 18.4 Å². The summed E-state index contributed by atoms with van der Waals surface area (Å²) >= 11 is 0. The Morgan fingerprint density at radius 3 is 2.83 bits per heavy atom. The first-order valence-electron chi connectivity index (χ1n) is 10.0. The standard InChI is InChI=1S/C22H23FN4O3/c23-18-12-25-5-4-20(18)30-19-2-1-13(7-16(19)11-24)14-3-6-26-21(10-14)27-22(29)15-8-17(28)9-15/h1-3,6-7,10,15,17-18,20,25,28H,4-5,8-9,12H2,(H,26,27,29)/t15-,17-,18-,20+/m1/s1. The molecule has 3 N–H and O–H groups in total.